The maximum atomic E-state index is 13.3. The molecular weight excluding hydrogens is 586 g/mol. The summed E-state index contributed by atoms with van der Waals surface area (Å²) in [4.78, 5) is 77.1. The van der Waals surface area contributed by atoms with Crippen LogP contribution in [0.3, 0.4) is 0 Å². The minimum absolute atomic E-state index is 0.0269. The van der Waals surface area contributed by atoms with Gasteiger partial charge in [0.15, 0.2) is 0 Å². The molecule has 0 aliphatic carbocycles. The van der Waals surface area contributed by atoms with Gasteiger partial charge in [-0.05, 0) is 59.5 Å². The molecule has 4 aromatic rings. The molecule has 46 heavy (non-hydrogen) atoms. The third-order valence-electron chi connectivity index (χ3n) is 8.22. The Labute approximate surface area is 264 Å². The minimum atomic E-state index is -1.07. The Balaban J connectivity index is 1.06. The van der Waals surface area contributed by atoms with Crippen LogP contribution in [-0.4, -0.2) is 52.9 Å². The smallest absolute Gasteiger partial charge is 0.264 e. The fourth-order valence-electron chi connectivity index (χ4n) is 5.86. The number of amides is 6. The van der Waals surface area contributed by atoms with Crippen molar-refractivity contribution in [2.24, 2.45) is 0 Å². The maximum Gasteiger partial charge on any atom is 0.264 e. The Kier molecular flexibility index (Phi) is 8.30. The highest BCUT2D eigenvalue weighted by Gasteiger charge is 2.45. The van der Waals surface area contributed by atoms with Gasteiger partial charge in [-0.25, -0.2) is 0 Å². The topological polar surface area (TPSA) is 154 Å². The fraction of sp³-hybridized carbons (Fsp3) is 0.200. The molecule has 2 aliphatic rings. The van der Waals surface area contributed by atoms with Gasteiger partial charge in [-0.1, -0.05) is 54.6 Å². The van der Waals surface area contributed by atoms with Crippen LogP contribution in [0.5, 0.6) is 0 Å². The van der Waals surface area contributed by atoms with Crippen molar-refractivity contribution in [3.8, 4) is 0 Å². The number of benzene rings is 4. The number of fused-ring (bicyclic) bond motifs is 2. The predicted molar refractivity (Wildman–Crippen MR) is 171 cm³/mol. The van der Waals surface area contributed by atoms with Gasteiger partial charge in [-0.15, -0.1) is 0 Å². The van der Waals surface area contributed by atoms with Crippen LogP contribution in [0.1, 0.15) is 61.5 Å². The molecule has 11 nitrogen and oxygen atoms in total. The molecule has 1 unspecified atom stereocenters. The van der Waals surface area contributed by atoms with Crippen LogP contribution in [0.15, 0.2) is 78.9 Å². The summed E-state index contributed by atoms with van der Waals surface area (Å²) in [7, 11) is 0. The SMILES string of the molecule is Cc1ccc(NC(=O)CCNc2cccc3c2C(=O)N(C2CCC(=O)NC2=O)C3=O)cc1C(=O)NCc1cccc2ccccc12. The van der Waals surface area contributed by atoms with Crippen LogP contribution in [0, 0.1) is 6.92 Å². The molecule has 2 heterocycles. The largest absolute Gasteiger partial charge is 0.384 e. The second-order valence-electron chi connectivity index (χ2n) is 11.3. The summed E-state index contributed by atoms with van der Waals surface area (Å²) in [5.74, 6) is -2.94. The van der Waals surface area contributed by atoms with Crippen molar-refractivity contribution in [3.63, 3.8) is 0 Å². The number of aryl methyl sites for hydroxylation is 1. The van der Waals surface area contributed by atoms with Crippen molar-refractivity contribution in [2.45, 2.75) is 38.8 Å². The number of carbonyl (C=O) groups excluding carboxylic acids is 6. The molecule has 11 heteroatoms. The van der Waals surface area contributed by atoms with E-state index in [1.165, 1.54) is 6.07 Å². The van der Waals surface area contributed by atoms with Gasteiger partial charge in [0.05, 0.1) is 11.1 Å². The van der Waals surface area contributed by atoms with E-state index < -0.39 is 29.7 Å². The van der Waals surface area contributed by atoms with E-state index in [4.69, 9.17) is 0 Å². The van der Waals surface area contributed by atoms with Gasteiger partial charge >= 0.3 is 0 Å². The molecule has 232 valence electrons. The Morgan fingerprint density at radius 1 is 0.913 bits per heavy atom. The lowest BCUT2D eigenvalue weighted by atomic mass is 10.0. The van der Waals surface area contributed by atoms with Crippen LogP contribution in [-0.2, 0) is 20.9 Å². The average molecular weight is 618 g/mol. The normalized spacial score (nSPS) is 15.8. The van der Waals surface area contributed by atoms with E-state index in [9.17, 15) is 28.8 Å². The summed E-state index contributed by atoms with van der Waals surface area (Å²) in [6.07, 6.45) is 0.118. The lowest BCUT2D eigenvalue weighted by Crippen LogP contribution is -2.54. The van der Waals surface area contributed by atoms with Crippen molar-refractivity contribution in [3.05, 3.63) is 107 Å². The highest BCUT2D eigenvalue weighted by atomic mass is 16.2. The van der Waals surface area contributed by atoms with Crippen LogP contribution in [0.2, 0.25) is 0 Å². The highest BCUT2D eigenvalue weighted by Crippen LogP contribution is 2.32. The van der Waals surface area contributed by atoms with Crippen LogP contribution in [0.4, 0.5) is 11.4 Å². The highest BCUT2D eigenvalue weighted by molar-refractivity contribution is 6.25. The van der Waals surface area contributed by atoms with Crippen LogP contribution >= 0.6 is 0 Å². The number of carbonyl (C=O) groups is 6. The zero-order chi connectivity index (χ0) is 32.4. The number of imide groups is 2. The van der Waals surface area contributed by atoms with E-state index in [0.29, 0.717) is 23.5 Å². The van der Waals surface area contributed by atoms with Crippen molar-refractivity contribution in [1.82, 2.24) is 15.5 Å². The molecule has 6 rings (SSSR count). The van der Waals surface area contributed by atoms with Crippen molar-refractivity contribution in [1.29, 1.82) is 0 Å². The number of rotatable bonds is 9. The Morgan fingerprint density at radius 2 is 1.70 bits per heavy atom. The van der Waals surface area contributed by atoms with Crippen molar-refractivity contribution in [2.75, 3.05) is 17.2 Å². The molecule has 1 atom stereocenters. The summed E-state index contributed by atoms with van der Waals surface area (Å²) in [5.41, 5.74) is 3.30. The number of anilines is 2. The van der Waals surface area contributed by atoms with E-state index in [1.54, 1.807) is 30.3 Å². The molecule has 1 saturated heterocycles. The molecule has 2 aliphatic heterocycles. The summed E-state index contributed by atoms with van der Waals surface area (Å²) in [6, 6.07) is 22.7. The van der Waals surface area contributed by atoms with E-state index in [1.807, 2.05) is 49.4 Å². The number of piperidine rings is 1. The summed E-state index contributed by atoms with van der Waals surface area (Å²) in [6.45, 7) is 2.32. The predicted octanol–water partition coefficient (Wildman–Crippen LogP) is 3.92. The molecular formula is C35H31N5O6. The number of nitrogens with one attached hydrogen (secondary N) is 4. The lowest BCUT2D eigenvalue weighted by Gasteiger charge is -2.27. The van der Waals surface area contributed by atoms with Gasteiger partial charge in [-0.2, -0.15) is 0 Å². The van der Waals surface area contributed by atoms with Crippen molar-refractivity contribution < 1.29 is 28.8 Å². The third-order valence-corrected chi connectivity index (χ3v) is 8.22. The van der Waals surface area contributed by atoms with Crippen molar-refractivity contribution >= 4 is 57.6 Å². The second-order valence-corrected chi connectivity index (χ2v) is 11.3. The van der Waals surface area contributed by atoms with E-state index in [0.717, 1.165) is 26.8 Å². The Bertz CT molecular complexity index is 1930. The van der Waals surface area contributed by atoms with E-state index >= 15 is 0 Å². The number of hydrogen-bond acceptors (Lipinski definition) is 7. The first-order chi connectivity index (χ1) is 22.2. The zero-order valence-electron chi connectivity index (χ0n) is 25.0. The first-order valence-corrected chi connectivity index (χ1v) is 14.9. The first kappa shape index (κ1) is 30.2. The third kappa shape index (κ3) is 5.94. The molecule has 0 radical (unpaired) electrons. The van der Waals surface area contributed by atoms with E-state index in [-0.39, 0.29) is 48.7 Å². The molecule has 6 amide bonds. The lowest BCUT2D eigenvalue weighted by molar-refractivity contribution is -0.136. The monoisotopic (exact) mass is 617 g/mol. The summed E-state index contributed by atoms with van der Waals surface area (Å²) >= 11 is 0. The van der Waals surface area contributed by atoms with Gasteiger partial charge < -0.3 is 16.0 Å². The number of hydrogen-bond donors (Lipinski definition) is 4. The molecule has 0 spiro atoms. The van der Waals surface area contributed by atoms with Gasteiger partial charge in [0, 0.05) is 42.9 Å². The maximum absolute atomic E-state index is 13.3. The first-order valence-electron chi connectivity index (χ1n) is 14.9. The second kappa shape index (κ2) is 12.6. The van der Waals surface area contributed by atoms with E-state index in [2.05, 4.69) is 21.3 Å². The summed E-state index contributed by atoms with van der Waals surface area (Å²) < 4.78 is 0. The minimum Gasteiger partial charge on any atom is -0.384 e. The molecule has 0 aromatic heterocycles. The Hall–Kier alpha value is -5.84. The molecule has 4 aromatic carbocycles. The Morgan fingerprint density at radius 3 is 2.52 bits per heavy atom. The zero-order valence-corrected chi connectivity index (χ0v) is 25.0. The standard InChI is InChI=1S/C35H31N5O6/c1-20-12-13-23(18-26(20)32(43)37-19-22-8-4-7-21-6-2-3-9-24(21)22)38-30(42)16-17-36-27-11-5-10-25-31(27)35(46)40(34(25)45)28-14-15-29(41)39-33(28)44/h2-13,18,28,36H,14-17,19H2,1H3,(H,37,43)(H,38,42)(H,39,41,44). The fourth-order valence-corrected chi connectivity index (χ4v) is 5.86. The van der Waals surface area contributed by atoms with Gasteiger partial charge in [0.25, 0.3) is 17.7 Å². The molecule has 0 saturated carbocycles. The quantitative estimate of drug-likeness (QED) is 0.208. The van der Waals surface area contributed by atoms with Gasteiger partial charge in [0.2, 0.25) is 17.7 Å². The average Bonchev–Trinajstić information content (AvgIpc) is 3.30. The van der Waals surface area contributed by atoms with Crippen LogP contribution in [0.25, 0.3) is 10.8 Å². The van der Waals surface area contributed by atoms with Gasteiger partial charge in [0.1, 0.15) is 6.04 Å². The summed E-state index contributed by atoms with van der Waals surface area (Å²) in [5, 5.41) is 13.2. The molecule has 1 fully saturated rings. The number of nitrogens with zero attached hydrogens (tertiary/aromatic N) is 1. The molecule has 4 N–H and O–H groups in total. The van der Waals surface area contributed by atoms with Gasteiger partial charge in [-0.3, -0.25) is 39.0 Å². The van der Waals surface area contributed by atoms with Crippen LogP contribution < -0.4 is 21.3 Å². The molecule has 0 bridgehead atoms.